The standard InChI is InChI=1S/C17H28N2/c1-12(2)14-7-8-15(10-18-4)17(9-14)16-6-5-13(3)19-11-16/h5-6,11-12,14-15,17-18H,7-10H2,1-4H3. The summed E-state index contributed by atoms with van der Waals surface area (Å²) in [6.45, 7) is 7.93. The molecule has 0 radical (unpaired) electrons. The minimum absolute atomic E-state index is 0.682. The van der Waals surface area contributed by atoms with Gasteiger partial charge in [0, 0.05) is 11.9 Å². The molecule has 0 amide bonds. The van der Waals surface area contributed by atoms with Crippen LogP contribution in [0.3, 0.4) is 0 Å². The fraction of sp³-hybridized carbons (Fsp3) is 0.706. The summed E-state index contributed by atoms with van der Waals surface area (Å²) in [4.78, 5) is 4.50. The molecule has 19 heavy (non-hydrogen) atoms. The lowest BCUT2D eigenvalue weighted by Gasteiger charge is -2.38. The minimum atomic E-state index is 0.682. The number of hydrogen-bond donors (Lipinski definition) is 1. The zero-order valence-electron chi connectivity index (χ0n) is 12.8. The molecule has 1 fully saturated rings. The van der Waals surface area contributed by atoms with Gasteiger partial charge in [0.2, 0.25) is 0 Å². The van der Waals surface area contributed by atoms with Crippen molar-refractivity contribution in [2.75, 3.05) is 13.6 Å². The number of pyridine rings is 1. The summed E-state index contributed by atoms with van der Waals surface area (Å²) in [6, 6.07) is 4.45. The van der Waals surface area contributed by atoms with Crippen molar-refractivity contribution in [1.82, 2.24) is 10.3 Å². The van der Waals surface area contributed by atoms with Gasteiger partial charge in [-0.05, 0) is 75.1 Å². The third-order valence-electron chi connectivity index (χ3n) is 4.81. The number of hydrogen-bond acceptors (Lipinski definition) is 2. The first-order valence-corrected chi connectivity index (χ1v) is 7.69. The normalized spacial score (nSPS) is 27.7. The lowest BCUT2D eigenvalue weighted by molar-refractivity contribution is 0.192. The van der Waals surface area contributed by atoms with Gasteiger partial charge in [0.05, 0.1) is 0 Å². The molecule has 2 heteroatoms. The van der Waals surface area contributed by atoms with Gasteiger partial charge in [-0.1, -0.05) is 19.9 Å². The average molecular weight is 260 g/mol. The lowest BCUT2D eigenvalue weighted by atomic mass is 9.68. The third kappa shape index (κ3) is 3.56. The second kappa shape index (κ2) is 6.51. The molecule has 3 atom stereocenters. The summed E-state index contributed by atoms with van der Waals surface area (Å²) in [5.74, 6) is 3.13. The summed E-state index contributed by atoms with van der Waals surface area (Å²) in [7, 11) is 2.07. The van der Waals surface area contributed by atoms with E-state index < -0.39 is 0 Å². The third-order valence-corrected chi connectivity index (χ3v) is 4.81. The van der Waals surface area contributed by atoms with Gasteiger partial charge in [0.25, 0.3) is 0 Å². The lowest BCUT2D eigenvalue weighted by Crippen LogP contribution is -2.32. The van der Waals surface area contributed by atoms with E-state index >= 15 is 0 Å². The molecular weight excluding hydrogens is 232 g/mol. The highest BCUT2D eigenvalue weighted by molar-refractivity contribution is 5.20. The van der Waals surface area contributed by atoms with Crippen molar-refractivity contribution < 1.29 is 0 Å². The van der Waals surface area contributed by atoms with Gasteiger partial charge >= 0.3 is 0 Å². The van der Waals surface area contributed by atoms with E-state index in [1.165, 1.54) is 24.8 Å². The molecule has 0 aliphatic heterocycles. The van der Waals surface area contributed by atoms with Gasteiger partial charge in [0.1, 0.15) is 0 Å². The summed E-state index contributed by atoms with van der Waals surface area (Å²) in [5, 5.41) is 3.37. The van der Waals surface area contributed by atoms with Crippen molar-refractivity contribution in [3.05, 3.63) is 29.6 Å². The Morgan fingerprint density at radius 1 is 1.32 bits per heavy atom. The van der Waals surface area contributed by atoms with Crippen LogP contribution >= 0.6 is 0 Å². The number of rotatable bonds is 4. The smallest absolute Gasteiger partial charge is 0.0372 e. The molecule has 1 saturated carbocycles. The first kappa shape index (κ1) is 14.5. The Kier molecular flexibility index (Phi) is 4.98. The van der Waals surface area contributed by atoms with Gasteiger partial charge in [0.15, 0.2) is 0 Å². The Morgan fingerprint density at radius 2 is 2.11 bits per heavy atom. The maximum absolute atomic E-state index is 4.50. The molecule has 1 aliphatic carbocycles. The van der Waals surface area contributed by atoms with Crippen molar-refractivity contribution in [3.8, 4) is 0 Å². The van der Waals surface area contributed by atoms with E-state index in [0.29, 0.717) is 5.92 Å². The van der Waals surface area contributed by atoms with Crippen LogP contribution in [0.5, 0.6) is 0 Å². The Labute approximate surface area is 118 Å². The fourth-order valence-electron chi connectivity index (χ4n) is 3.48. The molecule has 1 aromatic rings. The highest BCUT2D eigenvalue weighted by Crippen LogP contribution is 2.42. The fourth-order valence-corrected chi connectivity index (χ4v) is 3.48. The SMILES string of the molecule is CNCC1CCC(C(C)C)CC1c1ccc(C)nc1. The van der Waals surface area contributed by atoms with Gasteiger partial charge in [-0.3, -0.25) is 4.98 Å². The molecule has 0 saturated heterocycles. The second-order valence-electron chi connectivity index (χ2n) is 6.47. The first-order valence-electron chi connectivity index (χ1n) is 7.69. The Bertz CT molecular complexity index is 383. The highest BCUT2D eigenvalue weighted by Gasteiger charge is 2.32. The summed E-state index contributed by atoms with van der Waals surface area (Å²) in [6.07, 6.45) is 6.17. The Hall–Kier alpha value is -0.890. The number of aromatic nitrogens is 1. The maximum Gasteiger partial charge on any atom is 0.0372 e. The van der Waals surface area contributed by atoms with Gasteiger partial charge in [-0.15, -0.1) is 0 Å². The van der Waals surface area contributed by atoms with Crippen LogP contribution in [0, 0.1) is 24.7 Å². The van der Waals surface area contributed by atoms with Crippen molar-refractivity contribution >= 4 is 0 Å². The second-order valence-corrected chi connectivity index (χ2v) is 6.47. The molecule has 106 valence electrons. The molecular formula is C17H28N2. The molecule has 0 aromatic carbocycles. The van der Waals surface area contributed by atoms with Crippen LogP contribution in [0.15, 0.2) is 18.3 Å². The van der Waals surface area contributed by atoms with Crippen LogP contribution in [-0.4, -0.2) is 18.6 Å². The molecule has 0 spiro atoms. The van der Waals surface area contributed by atoms with Crippen molar-refractivity contribution in [2.24, 2.45) is 17.8 Å². The van der Waals surface area contributed by atoms with Crippen LogP contribution in [0.4, 0.5) is 0 Å². The van der Waals surface area contributed by atoms with E-state index in [9.17, 15) is 0 Å². The molecule has 2 nitrogen and oxygen atoms in total. The maximum atomic E-state index is 4.50. The summed E-state index contributed by atoms with van der Waals surface area (Å²) >= 11 is 0. The molecule has 2 rings (SSSR count). The van der Waals surface area contributed by atoms with E-state index in [-0.39, 0.29) is 0 Å². The van der Waals surface area contributed by atoms with Gasteiger partial charge in [-0.25, -0.2) is 0 Å². The largest absolute Gasteiger partial charge is 0.319 e. The highest BCUT2D eigenvalue weighted by atomic mass is 14.8. The zero-order valence-corrected chi connectivity index (χ0v) is 12.8. The van der Waals surface area contributed by atoms with E-state index in [1.54, 1.807) is 0 Å². The van der Waals surface area contributed by atoms with Gasteiger partial charge < -0.3 is 5.32 Å². The van der Waals surface area contributed by atoms with E-state index in [4.69, 9.17) is 0 Å². The van der Waals surface area contributed by atoms with Crippen molar-refractivity contribution in [3.63, 3.8) is 0 Å². The molecule has 0 bridgehead atoms. The monoisotopic (exact) mass is 260 g/mol. The molecule has 1 aliphatic rings. The van der Waals surface area contributed by atoms with Gasteiger partial charge in [-0.2, -0.15) is 0 Å². The van der Waals surface area contributed by atoms with Crippen LogP contribution in [-0.2, 0) is 0 Å². The van der Waals surface area contributed by atoms with Crippen LogP contribution < -0.4 is 5.32 Å². The quantitative estimate of drug-likeness (QED) is 0.891. The number of aryl methyl sites for hydroxylation is 1. The predicted molar refractivity (Wildman–Crippen MR) is 81.3 cm³/mol. The summed E-state index contributed by atoms with van der Waals surface area (Å²) in [5.41, 5.74) is 2.56. The van der Waals surface area contributed by atoms with E-state index in [1.807, 2.05) is 0 Å². The van der Waals surface area contributed by atoms with Crippen LogP contribution in [0.1, 0.15) is 50.3 Å². The molecule has 1 aromatic heterocycles. The molecule has 1 heterocycles. The minimum Gasteiger partial charge on any atom is -0.319 e. The molecule has 3 unspecified atom stereocenters. The Balaban J connectivity index is 2.17. The van der Waals surface area contributed by atoms with E-state index in [2.05, 4.69) is 56.4 Å². The number of nitrogens with one attached hydrogen (secondary N) is 1. The van der Waals surface area contributed by atoms with Crippen LogP contribution in [0.2, 0.25) is 0 Å². The van der Waals surface area contributed by atoms with E-state index in [0.717, 1.165) is 30.0 Å². The topological polar surface area (TPSA) is 24.9 Å². The predicted octanol–water partition coefficient (Wildman–Crippen LogP) is 3.77. The van der Waals surface area contributed by atoms with Crippen molar-refractivity contribution in [1.29, 1.82) is 0 Å². The van der Waals surface area contributed by atoms with Crippen LogP contribution in [0.25, 0.3) is 0 Å². The Morgan fingerprint density at radius 3 is 2.68 bits per heavy atom. The first-order chi connectivity index (χ1) is 9.11. The molecule has 1 N–H and O–H groups in total. The number of nitrogens with zero attached hydrogens (tertiary/aromatic N) is 1. The zero-order chi connectivity index (χ0) is 13.8. The average Bonchev–Trinajstić information content (AvgIpc) is 2.40. The summed E-state index contributed by atoms with van der Waals surface area (Å²) < 4.78 is 0. The van der Waals surface area contributed by atoms with Crippen molar-refractivity contribution in [2.45, 2.75) is 46.0 Å².